The Morgan fingerprint density at radius 1 is 0.414 bits per heavy atom. The number of nitrogens with zero attached hydrogens (tertiary/aromatic N) is 4. The first-order chi connectivity index (χ1) is 28.8. The van der Waals surface area contributed by atoms with Gasteiger partial charge in [-0.2, -0.15) is 0 Å². The molecule has 8 rings (SSSR count). The third kappa shape index (κ3) is 8.62. The molecule has 0 spiro atoms. The smallest absolute Gasteiger partial charge is 0.0463 e. The quantitative estimate of drug-likeness (QED) is 0.103. The van der Waals surface area contributed by atoms with E-state index in [2.05, 4.69) is 251 Å². The third-order valence-electron chi connectivity index (χ3n) is 10.0. The highest BCUT2D eigenvalue weighted by Crippen LogP contribution is 2.38. The van der Waals surface area contributed by atoms with Crippen molar-refractivity contribution in [2.75, 3.05) is 19.6 Å². The minimum atomic E-state index is 0.952. The van der Waals surface area contributed by atoms with E-state index in [0.29, 0.717) is 0 Å². The average Bonchev–Trinajstić information content (AvgIpc) is 3.30. The van der Waals surface area contributed by atoms with E-state index in [1.165, 1.54) is 5.70 Å². The van der Waals surface area contributed by atoms with Gasteiger partial charge in [0.15, 0.2) is 0 Å². The Kier molecular flexibility index (Phi) is 11.8. The lowest BCUT2D eigenvalue weighted by molar-refractivity contribution is 0.997. The van der Waals surface area contributed by atoms with Crippen LogP contribution in [-0.4, -0.2) is 0 Å². The zero-order valence-electron chi connectivity index (χ0n) is 32.5. The second kappa shape index (κ2) is 18.4. The largest absolute Gasteiger partial charge is 0.317 e. The summed E-state index contributed by atoms with van der Waals surface area (Å²) in [5.41, 5.74) is 11.8. The van der Waals surface area contributed by atoms with E-state index < -0.39 is 0 Å². The highest BCUT2D eigenvalue weighted by Gasteiger charge is 2.17. The van der Waals surface area contributed by atoms with Crippen molar-refractivity contribution in [3.8, 4) is 0 Å². The van der Waals surface area contributed by atoms with Crippen LogP contribution in [0.5, 0.6) is 0 Å². The van der Waals surface area contributed by atoms with Gasteiger partial charge in [0.1, 0.15) is 0 Å². The predicted octanol–water partition coefficient (Wildman–Crippen LogP) is 15.1. The number of para-hydroxylation sites is 5. The Morgan fingerprint density at radius 3 is 1.21 bits per heavy atom. The normalized spacial score (nSPS) is 12.5. The fourth-order valence-electron chi connectivity index (χ4n) is 7.30. The molecule has 0 heterocycles. The van der Waals surface area contributed by atoms with Crippen molar-refractivity contribution >= 4 is 51.2 Å². The topological polar surface area (TPSA) is 13.0 Å². The maximum absolute atomic E-state index is 4.24. The molecule has 0 unspecified atom stereocenters. The molecule has 7 aromatic carbocycles. The van der Waals surface area contributed by atoms with Gasteiger partial charge < -0.3 is 19.6 Å². The van der Waals surface area contributed by atoms with Gasteiger partial charge in [0.05, 0.1) is 0 Å². The van der Waals surface area contributed by atoms with Gasteiger partial charge in [-0.15, -0.1) is 0 Å². The molecule has 0 amide bonds. The van der Waals surface area contributed by atoms with E-state index in [-0.39, 0.29) is 0 Å². The van der Waals surface area contributed by atoms with Crippen molar-refractivity contribution in [1.29, 1.82) is 0 Å². The lowest BCUT2D eigenvalue weighted by atomic mass is 10.1. The van der Waals surface area contributed by atoms with Crippen molar-refractivity contribution in [1.82, 2.24) is 0 Å². The summed E-state index contributed by atoms with van der Waals surface area (Å²) in [6.07, 6.45) is 17.2. The lowest BCUT2D eigenvalue weighted by Gasteiger charge is -2.29. The molecule has 58 heavy (non-hydrogen) atoms. The number of hydrogen-bond donors (Lipinski definition) is 0. The molecule has 0 atom stereocenters. The molecule has 0 N–H and O–H groups in total. The van der Waals surface area contributed by atoms with E-state index >= 15 is 0 Å². The summed E-state index contributed by atoms with van der Waals surface area (Å²) >= 11 is 0. The van der Waals surface area contributed by atoms with Crippen LogP contribution < -0.4 is 19.6 Å². The molecule has 1 aliphatic rings. The number of allylic oxidation sites excluding steroid dienone is 6. The lowest BCUT2D eigenvalue weighted by Crippen LogP contribution is -2.16. The van der Waals surface area contributed by atoms with Gasteiger partial charge in [0, 0.05) is 68.8 Å². The van der Waals surface area contributed by atoms with E-state index in [1.807, 2.05) is 18.2 Å². The maximum Gasteiger partial charge on any atom is 0.0463 e. The van der Waals surface area contributed by atoms with Crippen LogP contribution in [0.15, 0.2) is 261 Å². The summed E-state index contributed by atoms with van der Waals surface area (Å²) in [6, 6.07) is 70.0. The monoisotopic (exact) mass is 750 g/mol. The van der Waals surface area contributed by atoms with Gasteiger partial charge in [0.2, 0.25) is 0 Å². The molecule has 4 heteroatoms. The minimum absolute atomic E-state index is 0.952. The minimum Gasteiger partial charge on any atom is -0.317 e. The highest BCUT2D eigenvalue weighted by atomic mass is 15.2. The predicted molar refractivity (Wildman–Crippen MR) is 247 cm³/mol. The standard InChI is InChI=1S/C54H46N4/c1-2-44(56(47-22-9-3-10-23-47)48-24-11-4-12-25-48)34-21-43-55(45-35-39-53(40-36-45)57(49-26-13-5-14-27-49)50-28-15-6-16-29-50)46-37-41-54(42-38-46)58(51-30-17-7-18-31-51)52-32-19-8-20-33-52/h2-7,9-19,21-43H,1,8,20H2/b43-21+,44-34+. The van der Waals surface area contributed by atoms with Crippen LogP contribution in [0.2, 0.25) is 0 Å². The fourth-order valence-corrected chi connectivity index (χ4v) is 7.30. The van der Waals surface area contributed by atoms with E-state index in [1.54, 1.807) is 0 Å². The van der Waals surface area contributed by atoms with Gasteiger partial charge in [-0.05, 0) is 146 Å². The van der Waals surface area contributed by atoms with E-state index in [9.17, 15) is 0 Å². The Hall–Kier alpha value is -7.56. The molecule has 282 valence electrons. The molecule has 0 fully saturated rings. The summed E-state index contributed by atoms with van der Waals surface area (Å²) in [5.74, 6) is 0. The van der Waals surface area contributed by atoms with Crippen LogP contribution in [0.1, 0.15) is 12.8 Å². The first-order valence-electron chi connectivity index (χ1n) is 19.8. The molecule has 0 saturated carbocycles. The zero-order chi connectivity index (χ0) is 39.4. The number of rotatable bonds is 14. The summed E-state index contributed by atoms with van der Waals surface area (Å²) in [5, 5.41) is 0. The Labute approximate surface area is 343 Å². The van der Waals surface area contributed by atoms with Crippen molar-refractivity contribution in [3.05, 3.63) is 261 Å². The third-order valence-corrected chi connectivity index (χ3v) is 10.0. The summed E-state index contributed by atoms with van der Waals surface area (Å²) < 4.78 is 0. The SMILES string of the molecule is C=C/C(=C\C=C\N(c1ccc(N(C2=CCCC=C2)c2ccccc2)cc1)c1ccc(N(c2ccccc2)c2ccccc2)cc1)N(c1ccccc1)c1ccccc1. The molecule has 7 aromatic rings. The molecule has 0 radical (unpaired) electrons. The number of hydrogen-bond acceptors (Lipinski definition) is 4. The molecule has 1 aliphatic carbocycles. The average molecular weight is 751 g/mol. The van der Waals surface area contributed by atoms with Crippen LogP contribution in [0.3, 0.4) is 0 Å². The van der Waals surface area contributed by atoms with Gasteiger partial charge in [-0.1, -0.05) is 110 Å². The summed E-state index contributed by atoms with van der Waals surface area (Å²) in [6.45, 7) is 4.24. The fraction of sp³-hybridized carbons (Fsp3) is 0.0370. The molecular formula is C54H46N4. The van der Waals surface area contributed by atoms with Gasteiger partial charge in [-0.25, -0.2) is 0 Å². The molecule has 0 bridgehead atoms. The number of benzene rings is 7. The van der Waals surface area contributed by atoms with E-state index in [4.69, 9.17) is 0 Å². The van der Waals surface area contributed by atoms with Crippen LogP contribution >= 0.6 is 0 Å². The molecular weight excluding hydrogens is 705 g/mol. The van der Waals surface area contributed by atoms with Crippen LogP contribution in [0, 0.1) is 0 Å². The van der Waals surface area contributed by atoms with Crippen LogP contribution in [-0.2, 0) is 0 Å². The van der Waals surface area contributed by atoms with Gasteiger partial charge in [-0.3, -0.25) is 0 Å². The molecule has 0 aromatic heterocycles. The van der Waals surface area contributed by atoms with Gasteiger partial charge >= 0.3 is 0 Å². The van der Waals surface area contributed by atoms with Crippen molar-refractivity contribution in [2.45, 2.75) is 12.8 Å². The second-order valence-electron chi connectivity index (χ2n) is 13.8. The van der Waals surface area contributed by atoms with E-state index in [0.717, 1.165) is 69.7 Å². The highest BCUT2D eigenvalue weighted by molar-refractivity contribution is 5.79. The van der Waals surface area contributed by atoms with Crippen molar-refractivity contribution in [2.24, 2.45) is 0 Å². The van der Waals surface area contributed by atoms with Gasteiger partial charge in [0.25, 0.3) is 0 Å². The summed E-state index contributed by atoms with van der Waals surface area (Å²) in [7, 11) is 0. The zero-order valence-corrected chi connectivity index (χ0v) is 32.5. The number of anilines is 9. The molecule has 0 aliphatic heterocycles. The second-order valence-corrected chi connectivity index (χ2v) is 13.8. The van der Waals surface area contributed by atoms with Crippen LogP contribution in [0.25, 0.3) is 0 Å². The first-order valence-corrected chi connectivity index (χ1v) is 19.8. The Morgan fingerprint density at radius 2 is 0.793 bits per heavy atom. The Bertz CT molecular complexity index is 2410. The van der Waals surface area contributed by atoms with Crippen molar-refractivity contribution < 1.29 is 0 Å². The Balaban J connectivity index is 1.18. The van der Waals surface area contributed by atoms with Crippen LogP contribution in [0.4, 0.5) is 51.2 Å². The van der Waals surface area contributed by atoms with Crippen molar-refractivity contribution in [3.63, 3.8) is 0 Å². The molecule has 0 saturated heterocycles. The first kappa shape index (κ1) is 37.4. The molecule has 4 nitrogen and oxygen atoms in total. The maximum atomic E-state index is 4.24. The summed E-state index contributed by atoms with van der Waals surface area (Å²) in [4.78, 5) is 9.07.